The largest absolute Gasteiger partial charge is 0.371 e. The second-order valence-corrected chi connectivity index (χ2v) is 6.79. The Bertz CT molecular complexity index is 814. The summed E-state index contributed by atoms with van der Waals surface area (Å²) in [6.45, 7) is 2.59. The first-order chi connectivity index (χ1) is 12.3. The van der Waals surface area contributed by atoms with Crippen LogP contribution in [-0.4, -0.2) is 25.5 Å². The number of hydrogen-bond acceptors (Lipinski definition) is 3. The van der Waals surface area contributed by atoms with E-state index in [-0.39, 0.29) is 11.8 Å². The number of hydrogen-bond donors (Lipinski definition) is 0. The molecular weight excluding hydrogens is 310 g/mol. The van der Waals surface area contributed by atoms with Crippen molar-refractivity contribution in [1.82, 2.24) is 0 Å². The molecule has 25 heavy (non-hydrogen) atoms. The maximum absolute atomic E-state index is 13.0. The summed E-state index contributed by atoms with van der Waals surface area (Å²) in [5.74, 6) is 0.394. The number of carbonyl (C=O) groups is 1. The lowest BCUT2D eigenvalue weighted by Crippen LogP contribution is -2.42. The molecule has 2 aliphatic heterocycles. The average molecular weight is 331 g/mol. The molecule has 126 valence electrons. The fourth-order valence-electron chi connectivity index (χ4n) is 3.92. The Morgan fingerprint density at radius 3 is 2.44 bits per heavy atom. The Hall–Kier alpha value is -2.80. The quantitative estimate of drug-likeness (QED) is 0.848. The molecule has 2 aliphatic rings. The summed E-state index contributed by atoms with van der Waals surface area (Å²) >= 11 is 0. The maximum Gasteiger partial charge on any atom is 0.230 e. The Morgan fingerprint density at radius 1 is 1.00 bits per heavy atom. The first-order valence-electron chi connectivity index (χ1n) is 8.90. The number of para-hydroxylation sites is 1. The molecule has 0 spiro atoms. The third kappa shape index (κ3) is 2.98. The fourth-order valence-corrected chi connectivity index (χ4v) is 3.92. The summed E-state index contributed by atoms with van der Waals surface area (Å²) in [5.41, 5.74) is 4.20. The molecule has 0 aliphatic carbocycles. The van der Waals surface area contributed by atoms with Gasteiger partial charge in [-0.15, -0.1) is 0 Å². The van der Waals surface area contributed by atoms with Crippen molar-refractivity contribution < 1.29 is 4.79 Å². The number of amides is 1. The predicted octanol–water partition coefficient (Wildman–Crippen LogP) is 3.36. The molecule has 0 bridgehead atoms. The number of nitriles is 1. The van der Waals surface area contributed by atoms with E-state index in [0.717, 1.165) is 50.3 Å². The topological polar surface area (TPSA) is 47.3 Å². The minimum Gasteiger partial charge on any atom is -0.371 e. The van der Waals surface area contributed by atoms with Gasteiger partial charge in [0.2, 0.25) is 5.91 Å². The van der Waals surface area contributed by atoms with Crippen LogP contribution in [0.2, 0.25) is 0 Å². The first-order valence-corrected chi connectivity index (χ1v) is 8.90. The molecule has 2 aromatic carbocycles. The van der Waals surface area contributed by atoms with Crippen molar-refractivity contribution in [2.24, 2.45) is 5.92 Å². The minimum absolute atomic E-state index is 0.112. The van der Waals surface area contributed by atoms with Crippen LogP contribution in [0.15, 0.2) is 48.5 Å². The number of nitrogens with zero attached hydrogens (tertiary/aromatic N) is 3. The van der Waals surface area contributed by atoms with E-state index in [0.29, 0.717) is 5.56 Å². The molecule has 0 unspecified atom stereocenters. The fraction of sp³-hybridized carbons (Fsp3) is 0.333. The van der Waals surface area contributed by atoms with E-state index in [1.807, 2.05) is 41.3 Å². The van der Waals surface area contributed by atoms with E-state index in [1.54, 1.807) is 0 Å². The monoisotopic (exact) mass is 331 g/mol. The van der Waals surface area contributed by atoms with Crippen LogP contribution in [0.5, 0.6) is 0 Å². The van der Waals surface area contributed by atoms with E-state index in [2.05, 4.69) is 23.1 Å². The van der Waals surface area contributed by atoms with Crippen molar-refractivity contribution in [2.75, 3.05) is 29.4 Å². The number of piperidine rings is 1. The molecule has 4 nitrogen and oxygen atoms in total. The summed E-state index contributed by atoms with van der Waals surface area (Å²) in [5, 5.41) is 8.90. The number of carbonyl (C=O) groups excluding carboxylic acids is 1. The van der Waals surface area contributed by atoms with Crippen molar-refractivity contribution in [1.29, 1.82) is 5.26 Å². The van der Waals surface area contributed by atoms with Crippen LogP contribution < -0.4 is 9.80 Å². The van der Waals surface area contributed by atoms with Gasteiger partial charge in [-0.3, -0.25) is 4.79 Å². The first kappa shape index (κ1) is 15.7. The second kappa shape index (κ2) is 6.60. The van der Waals surface area contributed by atoms with E-state index in [1.165, 1.54) is 5.56 Å². The average Bonchev–Trinajstić information content (AvgIpc) is 3.12. The van der Waals surface area contributed by atoms with Crippen molar-refractivity contribution in [2.45, 2.75) is 19.3 Å². The zero-order valence-electron chi connectivity index (χ0n) is 14.2. The molecule has 0 saturated carbocycles. The SMILES string of the molecule is N#Cc1ccc(N2CCC(C(=O)N3CCc4ccccc43)CC2)cc1. The number of benzene rings is 2. The summed E-state index contributed by atoms with van der Waals surface area (Å²) in [4.78, 5) is 17.3. The van der Waals surface area contributed by atoms with Crippen LogP contribution >= 0.6 is 0 Å². The molecule has 0 aromatic heterocycles. The molecule has 2 aromatic rings. The minimum atomic E-state index is 0.112. The second-order valence-electron chi connectivity index (χ2n) is 6.79. The van der Waals surface area contributed by atoms with Gasteiger partial charge in [-0.2, -0.15) is 5.26 Å². The normalized spacial score (nSPS) is 17.2. The van der Waals surface area contributed by atoms with E-state index < -0.39 is 0 Å². The van der Waals surface area contributed by atoms with Gasteiger partial charge in [0, 0.05) is 36.9 Å². The van der Waals surface area contributed by atoms with Crippen LogP contribution in [0.1, 0.15) is 24.0 Å². The predicted molar refractivity (Wildman–Crippen MR) is 98.6 cm³/mol. The molecule has 1 saturated heterocycles. The van der Waals surface area contributed by atoms with Gasteiger partial charge >= 0.3 is 0 Å². The zero-order chi connectivity index (χ0) is 17.2. The van der Waals surface area contributed by atoms with Crippen LogP contribution in [0.25, 0.3) is 0 Å². The summed E-state index contributed by atoms with van der Waals surface area (Å²) in [7, 11) is 0. The van der Waals surface area contributed by atoms with E-state index >= 15 is 0 Å². The maximum atomic E-state index is 13.0. The molecule has 1 amide bonds. The number of rotatable bonds is 2. The lowest BCUT2D eigenvalue weighted by molar-refractivity contribution is -0.122. The molecule has 0 radical (unpaired) electrons. The van der Waals surface area contributed by atoms with Gasteiger partial charge in [0.25, 0.3) is 0 Å². The number of anilines is 2. The van der Waals surface area contributed by atoms with Gasteiger partial charge < -0.3 is 9.80 Å². The van der Waals surface area contributed by atoms with Gasteiger partial charge in [0.05, 0.1) is 11.6 Å². The Balaban J connectivity index is 1.40. The smallest absolute Gasteiger partial charge is 0.230 e. The summed E-state index contributed by atoms with van der Waals surface area (Å²) in [6.07, 6.45) is 2.74. The highest BCUT2D eigenvalue weighted by molar-refractivity contribution is 5.97. The van der Waals surface area contributed by atoms with Gasteiger partial charge in [0.15, 0.2) is 0 Å². The third-order valence-electron chi connectivity index (χ3n) is 5.36. The molecule has 4 heteroatoms. The highest BCUT2D eigenvalue weighted by Gasteiger charge is 2.32. The van der Waals surface area contributed by atoms with Crippen molar-refractivity contribution >= 4 is 17.3 Å². The lowest BCUT2D eigenvalue weighted by atomic mass is 9.94. The van der Waals surface area contributed by atoms with Crippen LogP contribution in [0.4, 0.5) is 11.4 Å². The molecule has 2 heterocycles. The van der Waals surface area contributed by atoms with E-state index in [9.17, 15) is 4.79 Å². The van der Waals surface area contributed by atoms with Crippen LogP contribution in [0, 0.1) is 17.2 Å². The highest BCUT2D eigenvalue weighted by atomic mass is 16.2. The van der Waals surface area contributed by atoms with Gasteiger partial charge in [-0.1, -0.05) is 18.2 Å². The lowest BCUT2D eigenvalue weighted by Gasteiger charge is -2.34. The van der Waals surface area contributed by atoms with Crippen molar-refractivity contribution in [3.63, 3.8) is 0 Å². The zero-order valence-corrected chi connectivity index (χ0v) is 14.2. The summed E-state index contributed by atoms with van der Waals surface area (Å²) in [6, 6.07) is 18.1. The number of fused-ring (bicyclic) bond motifs is 1. The molecular formula is C21H21N3O. The third-order valence-corrected chi connectivity index (χ3v) is 5.36. The van der Waals surface area contributed by atoms with Crippen molar-refractivity contribution in [3.8, 4) is 6.07 Å². The highest BCUT2D eigenvalue weighted by Crippen LogP contribution is 2.31. The van der Waals surface area contributed by atoms with Crippen LogP contribution in [-0.2, 0) is 11.2 Å². The van der Waals surface area contributed by atoms with Gasteiger partial charge in [0.1, 0.15) is 0 Å². The summed E-state index contributed by atoms with van der Waals surface area (Å²) < 4.78 is 0. The van der Waals surface area contributed by atoms with Gasteiger partial charge in [-0.25, -0.2) is 0 Å². The Labute approximate surface area is 148 Å². The molecule has 0 N–H and O–H groups in total. The van der Waals surface area contributed by atoms with Crippen LogP contribution in [0.3, 0.4) is 0 Å². The molecule has 0 atom stereocenters. The van der Waals surface area contributed by atoms with Gasteiger partial charge in [-0.05, 0) is 55.2 Å². The molecule has 4 rings (SSSR count). The Morgan fingerprint density at radius 2 is 1.72 bits per heavy atom. The Kier molecular flexibility index (Phi) is 4.15. The molecule has 1 fully saturated rings. The standard InChI is InChI=1S/C21H21N3O/c22-15-16-5-7-19(8-6-16)23-12-9-18(10-13-23)21(25)24-14-11-17-3-1-2-4-20(17)24/h1-8,18H,9-14H2. The van der Waals surface area contributed by atoms with Crippen molar-refractivity contribution in [3.05, 3.63) is 59.7 Å². The van der Waals surface area contributed by atoms with E-state index in [4.69, 9.17) is 5.26 Å².